The van der Waals surface area contributed by atoms with Crippen LogP contribution in [0.2, 0.25) is 0 Å². The van der Waals surface area contributed by atoms with Crippen LogP contribution in [0, 0.1) is 6.92 Å². The molecular weight excluding hydrogens is 302 g/mol. The van der Waals surface area contributed by atoms with Crippen molar-refractivity contribution in [1.29, 1.82) is 0 Å². The molecular formula is C19H33N3O2. The molecule has 24 heavy (non-hydrogen) atoms. The van der Waals surface area contributed by atoms with Gasteiger partial charge in [0.2, 0.25) is 0 Å². The number of aryl methyl sites for hydroxylation is 1. The van der Waals surface area contributed by atoms with Gasteiger partial charge in [-0.3, -0.25) is 0 Å². The number of likely N-dealkylation sites (N-methyl/N-ethyl adjacent to an activating group) is 1. The molecule has 0 atom stereocenters. The average Bonchev–Trinajstić information content (AvgIpc) is 2.53. The van der Waals surface area contributed by atoms with Gasteiger partial charge in [0.05, 0.1) is 6.54 Å². The first-order chi connectivity index (χ1) is 11.4. The zero-order valence-electron chi connectivity index (χ0n) is 15.8. The zero-order valence-corrected chi connectivity index (χ0v) is 15.8. The van der Waals surface area contributed by atoms with Gasteiger partial charge in [0.25, 0.3) is 0 Å². The quantitative estimate of drug-likeness (QED) is 0.668. The van der Waals surface area contributed by atoms with Crippen LogP contribution in [0.1, 0.15) is 32.3 Å². The zero-order chi connectivity index (χ0) is 17.9. The van der Waals surface area contributed by atoms with Crippen molar-refractivity contribution in [3.63, 3.8) is 0 Å². The number of amides is 2. The first-order valence-electron chi connectivity index (χ1n) is 8.79. The highest BCUT2D eigenvalue weighted by Crippen LogP contribution is 2.11. The fourth-order valence-corrected chi connectivity index (χ4v) is 2.18. The Morgan fingerprint density at radius 1 is 1.21 bits per heavy atom. The van der Waals surface area contributed by atoms with Crippen molar-refractivity contribution in [2.75, 3.05) is 40.3 Å². The number of unbranched alkanes of at least 4 members (excludes halogenated alkanes) is 1. The standard InChI is InChI=1S/C19H33N3O2/c1-16(2)21(4)12-7-6-11-20-19(23)22(5)13-14-24-18-10-8-9-17(3)15-18/h8-10,15-16H,6-7,11-14H2,1-5H3,(H,20,23). The van der Waals surface area contributed by atoms with Gasteiger partial charge < -0.3 is 19.9 Å². The van der Waals surface area contributed by atoms with E-state index in [9.17, 15) is 4.79 Å². The molecule has 0 fully saturated rings. The maximum Gasteiger partial charge on any atom is 0.317 e. The molecule has 0 aliphatic heterocycles. The molecule has 136 valence electrons. The summed E-state index contributed by atoms with van der Waals surface area (Å²) >= 11 is 0. The SMILES string of the molecule is Cc1cccc(OCCN(C)C(=O)NCCCCN(C)C(C)C)c1. The predicted octanol–water partition coefficient (Wildman–Crippen LogP) is 3.14. The van der Waals surface area contributed by atoms with Crippen molar-refractivity contribution in [1.82, 2.24) is 15.1 Å². The van der Waals surface area contributed by atoms with E-state index in [-0.39, 0.29) is 6.03 Å². The predicted molar refractivity (Wildman–Crippen MR) is 99.7 cm³/mol. The van der Waals surface area contributed by atoms with Crippen LogP contribution >= 0.6 is 0 Å². The molecule has 1 rings (SSSR count). The maximum absolute atomic E-state index is 12.0. The van der Waals surface area contributed by atoms with E-state index in [4.69, 9.17) is 4.74 Å². The number of nitrogens with zero attached hydrogens (tertiary/aromatic N) is 2. The number of rotatable bonds is 10. The molecule has 5 nitrogen and oxygen atoms in total. The summed E-state index contributed by atoms with van der Waals surface area (Å²) in [6.45, 7) is 9.25. The molecule has 1 aromatic rings. The average molecular weight is 335 g/mol. The molecule has 0 aromatic heterocycles. The molecule has 0 spiro atoms. The summed E-state index contributed by atoms with van der Waals surface area (Å²) in [7, 11) is 3.92. The summed E-state index contributed by atoms with van der Waals surface area (Å²) in [6.07, 6.45) is 2.09. The van der Waals surface area contributed by atoms with E-state index in [1.54, 1.807) is 11.9 Å². The van der Waals surface area contributed by atoms with Gasteiger partial charge in [0, 0.05) is 19.6 Å². The highest BCUT2D eigenvalue weighted by molar-refractivity contribution is 5.73. The molecule has 0 heterocycles. The Labute approximate surface area is 147 Å². The third kappa shape index (κ3) is 8.20. The fourth-order valence-electron chi connectivity index (χ4n) is 2.18. The number of carbonyl (C=O) groups excluding carboxylic acids is 1. The molecule has 1 N–H and O–H groups in total. The van der Waals surface area contributed by atoms with Crippen molar-refractivity contribution in [3.8, 4) is 5.75 Å². The lowest BCUT2D eigenvalue weighted by Crippen LogP contribution is -2.40. The Hall–Kier alpha value is -1.75. The Morgan fingerprint density at radius 3 is 2.62 bits per heavy atom. The highest BCUT2D eigenvalue weighted by Gasteiger charge is 2.08. The Morgan fingerprint density at radius 2 is 1.96 bits per heavy atom. The number of benzene rings is 1. The minimum atomic E-state index is -0.0416. The van der Waals surface area contributed by atoms with E-state index in [0.717, 1.165) is 25.1 Å². The van der Waals surface area contributed by atoms with Crippen molar-refractivity contribution in [2.24, 2.45) is 0 Å². The first kappa shape index (κ1) is 20.3. The number of urea groups is 1. The largest absolute Gasteiger partial charge is 0.492 e. The van der Waals surface area contributed by atoms with Gasteiger partial charge in [-0.1, -0.05) is 12.1 Å². The van der Waals surface area contributed by atoms with E-state index in [1.807, 2.05) is 31.2 Å². The van der Waals surface area contributed by atoms with Crippen LogP contribution in [0.3, 0.4) is 0 Å². The molecule has 5 heteroatoms. The van der Waals surface area contributed by atoms with Gasteiger partial charge in [-0.05, 0) is 64.9 Å². The monoisotopic (exact) mass is 335 g/mol. The van der Waals surface area contributed by atoms with Crippen LogP contribution in [-0.2, 0) is 0 Å². The smallest absolute Gasteiger partial charge is 0.317 e. The third-order valence-corrected chi connectivity index (χ3v) is 4.13. The molecule has 0 aliphatic carbocycles. The second-order valence-electron chi connectivity index (χ2n) is 6.60. The Bertz CT molecular complexity index is 491. The van der Waals surface area contributed by atoms with Crippen LogP contribution in [0.4, 0.5) is 4.79 Å². The summed E-state index contributed by atoms with van der Waals surface area (Å²) in [5, 5.41) is 2.96. The van der Waals surface area contributed by atoms with Crippen molar-refractivity contribution >= 4 is 6.03 Å². The van der Waals surface area contributed by atoms with Crippen LogP contribution in [0.25, 0.3) is 0 Å². The summed E-state index contributed by atoms with van der Waals surface area (Å²) < 4.78 is 5.67. The van der Waals surface area contributed by atoms with Crippen LogP contribution in [0.5, 0.6) is 5.75 Å². The second kappa shape index (κ2) is 10.9. The second-order valence-corrected chi connectivity index (χ2v) is 6.60. The van der Waals surface area contributed by atoms with E-state index in [1.165, 1.54) is 5.56 Å². The van der Waals surface area contributed by atoms with Gasteiger partial charge >= 0.3 is 6.03 Å². The minimum absolute atomic E-state index is 0.0416. The third-order valence-electron chi connectivity index (χ3n) is 4.13. The topological polar surface area (TPSA) is 44.8 Å². The number of hydrogen-bond acceptors (Lipinski definition) is 3. The van der Waals surface area contributed by atoms with Crippen molar-refractivity contribution in [3.05, 3.63) is 29.8 Å². The number of carbonyl (C=O) groups is 1. The van der Waals surface area contributed by atoms with E-state index in [2.05, 4.69) is 31.1 Å². The number of hydrogen-bond donors (Lipinski definition) is 1. The molecule has 2 amide bonds. The molecule has 0 unspecified atom stereocenters. The van der Waals surface area contributed by atoms with Crippen LogP contribution in [0.15, 0.2) is 24.3 Å². The van der Waals surface area contributed by atoms with E-state index < -0.39 is 0 Å². The number of ether oxygens (including phenoxy) is 1. The Kier molecular flexibility index (Phi) is 9.23. The van der Waals surface area contributed by atoms with Crippen LogP contribution in [-0.4, -0.2) is 62.2 Å². The minimum Gasteiger partial charge on any atom is -0.492 e. The maximum atomic E-state index is 12.0. The van der Waals surface area contributed by atoms with Crippen molar-refractivity contribution < 1.29 is 9.53 Å². The van der Waals surface area contributed by atoms with Gasteiger partial charge in [-0.25, -0.2) is 4.79 Å². The van der Waals surface area contributed by atoms with Gasteiger partial charge in [0.1, 0.15) is 12.4 Å². The fraction of sp³-hybridized carbons (Fsp3) is 0.632. The molecule has 0 saturated heterocycles. The van der Waals surface area contributed by atoms with Gasteiger partial charge in [0.15, 0.2) is 0 Å². The normalized spacial score (nSPS) is 11.0. The van der Waals surface area contributed by atoms with Gasteiger partial charge in [-0.15, -0.1) is 0 Å². The van der Waals surface area contributed by atoms with E-state index in [0.29, 0.717) is 25.7 Å². The lowest BCUT2D eigenvalue weighted by atomic mass is 10.2. The summed E-state index contributed by atoms with van der Waals surface area (Å²) in [4.78, 5) is 16.0. The summed E-state index contributed by atoms with van der Waals surface area (Å²) in [6, 6.07) is 8.46. The molecule has 0 saturated carbocycles. The van der Waals surface area contributed by atoms with E-state index >= 15 is 0 Å². The lowest BCUT2D eigenvalue weighted by molar-refractivity contribution is 0.195. The molecule has 0 bridgehead atoms. The first-order valence-corrected chi connectivity index (χ1v) is 8.79. The lowest BCUT2D eigenvalue weighted by Gasteiger charge is -2.21. The van der Waals surface area contributed by atoms with Crippen molar-refractivity contribution in [2.45, 2.75) is 39.7 Å². The number of nitrogens with one attached hydrogen (secondary N) is 1. The van der Waals surface area contributed by atoms with Gasteiger partial charge in [-0.2, -0.15) is 0 Å². The molecule has 1 aromatic carbocycles. The molecule has 0 aliphatic rings. The summed E-state index contributed by atoms with van der Waals surface area (Å²) in [5.74, 6) is 0.845. The summed E-state index contributed by atoms with van der Waals surface area (Å²) in [5.41, 5.74) is 1.17. The van der Waals surface area contributed by atoms with Crippen LogP contribution < -0.4 is 10.1 Å². The molecule has 0 radical (unpaired) electrons. The highest BCUT2D eigenvalue weighted by atomic mass is 16.5. The Balaban J connectivity index is 2.12.